The van der Waals surface area contributed by atoms with E-state index < -0.39 is 5.97 Å². The fourth-order valence-corrected chi connectivity index (χ4v) is 3.34. The van der Waals surface area contributed by atoms with Crippen LogP contribution in [0.4, 0.5) is 0 Å². The largest absolute Gasteiger partial charge is 0.478 e. The number of hydrogen-bond donors (Lipinski definition) is 3. The lowest BCUT2D eigenvalue weighted by molar-refractivity contribution is 0.0698. The van der Waals surface area contributed by atoms with Crippen LogP contribution in [-0.2, 0) is 6.54 Å². The molecular weight excluding hydrogens is 338 g/mol. The normalized spacial score (nSPS) is 11.6. The van der Waals surface area contributed by atoms with Crippen molar-refractivity contribution in [1.29, 1.82) is 0 Å². The average Bonchev–Trinajstić information content (AvgIpc) is 3.06. The van der Waals surface area contributed by atoms with Gasteiger partial charge in [0.2, 0.25) is 0 Å². The van der Waals surface area contributed by atoms with Gasteiger partial charge in [-0.3, -0.25) is 4.98 Å². The molecule has 0 saturated carbocycles. The molecule has 0 aliphatic carbocycles. The molecule has 5 nitrogen and oxygen atoms in total. The second kappa shape index (κ2) is 7.05. The predicted molar refractivity (Wildman–Crippen MR) is 109 cm³/mol. The van der Waals surface area contributed by atoms with Crippen molar-refractivity contribution in [1.82, 2.24) is 15.3 Å². The van der Waals surface area contributed by atoms with E-state index in [4.69, 9.17) is 0 Å². The fourth-order valence-electron chi connectivity index (χ4n) is 3.34. The Bertz CT molecular complexity index is 1160. The van der Waals surface area contributed by atoms with Gasteiger partial charge in [-0.15, -0.1) is 0 Å². The van der Waals surface area contributed by atoms with Crippen LogP contribution >= 0.6 is 0 Å². The van der Waals surface area contributed by atoms with Crippen molar-refractivity contribution in [3.05, 3.63) is 77.2 Å². The lowest BCUT2D eigenvalue weighted by Crippen LogP contribution is -2.09. The van der Waals surface area contributed by atoms with Crippen LogP contribution in [-0.4, -0.2) is 28.1 Å². The van der Waals surface area contributed by atoms with Gasteiger partial charge < -0.3 is 15.4 Å². The molecule has 0 aliphatic heterocycles. The maximum atomic E-state index is 11.8. The summed E-state index contributed by atoms with van der Waals surface area (Å²) in [7, 11) is 1.80. The zero-order valence-electron chi connectivity index (χ0n) is 14.9. The Morgan fingerprint density at radius 2 is 1.96 bits per heavy atom. The molecule has 4 rings (SSSR count). The van der Waals surface area contributed by atoms with Crippen LogP contribution in [0.1, 0.15) is 27.3 Å². The minimum Gasteiger partial charge on any atom is -0.478 e. The lowest BCUT2D eigenvalue weighted by Gasteiger charge is -2.02. The molecule has 0 saturated heterocycles. The molecule has 0 fully saturated rings. The van der Waals surface area contributed by atoms with Gasteiger partial charge in [0.15, 0.2) is 0 Å². The Hall–Kier alpha value is -3.44. The first-order chi connectivity index (χ1) is 13.2. The molecule has 2 aromatic carbocycles. The van der Waals surface area contributed by atoms with Crippen molar-refractivity contribution in [2.45, 2.75) is 6.54 Å². The van der Waals surface area contributed by atoms with Crippen LogP contribution in [0.5, 0.6) is 0 Å². The molecule has 0 spiro atoms. The van der Waals surface area contributed by atoms with E-state index in [0.29, 0.717) is 23.2 Å². The zero-order valence-corrected chi connectivity index (χ0v) is 14.9. The van der Waals surface area contributed by atoms with E-state index in [0.717, 1.165) is 27.5 Å². The first-order valence-corrected chi connectivity index (χ1v) is 8.71. The highest BCUT2D eigenvalue weighted by Crippen LogP contribution is 2.30. The number of rotatable bonds is 5. The fraction of sp³-hybridized carbons (Fsp3) is 0.0909. The maximum absolute atomic E-state index is 11.8. The lowest BCUT2D eigenvalue weighted by atomic mass is 10.1. The highest BCUT2D eigenvalue weighted by Gasteiger charge is 2.18. The summed E-state index contributed by atoms with van der Waals surface area (Å²) < 4.78 is 0. The Kier molecular flexibility index (Phi) is 4.44. The molecule has 0 bridgehead atoms. The van der Waals surface area contributed by atoms with E-state index >= 15 is 0 Å². The number of fused-ring (bicyclic) bond motifs is 3. The Morgan fingerprint density at radius 3 is 2.70 bits per heavy atom. The number of carboxylic acids is 1. The monoisotopic (exact) mass is 357 g/mol. The molecular formula is C22H19N3O2. The number of carbonyl (C=O) groups is 1. The summed E-state index contributed by atoms with van der Waals surface area (Å²) in [5.74, 6) is -0.927. The number of carboxylic acid groups (broad SMARTS) is 1. The molecule has 2 heterocycles. The van der Waals surface area contributed by atoms with Gasteiger partial charge in [-0.25, -0.2) is 4.79 Å². The van der Waals surface area contributed by atoms with E-state index in [9.17, 15) is 9.90 Å². The third-order valence-electron chi connectivity index (χ3n) is 4.58. The van der Waals surface area contributed by atoms with Gasteiger partial charge in [-0.05, 0) is 24.8 Å². The Labute approximate surface area is 156 Å². The smallest absolute Gasteiger partial charge is 0.338 e. The topological polar surface area (TPSA) is 78.0 Å². The third kappa shape index (κ3) is 3.20. The van der Waals surface area contributed by atoms with Crippen molar-refractivity contribution in [3.8, 4) is 0 Å². The SMILES string of the molecule is CNCc1[nH]c2c(ccc3cnc(/C=C/c4ccccc4)cc32)c1C(=O)O. The first-order valence-electron chi connectivity index (χ1n) is 8.71. The second-order valence-corrected chi connectivity index (χ2v) is 6.38. The standard InChI is InChI=1S/C22H19N3O2/c1-23-13-19-20(22(26)27)17-10-8-15-12-24-16(11-18(15)21(17)25-19)9-7-14-5-3-2-4-6-14/h2-12,23,25H,13H2,1H3,(H,26,27)/b9-7+. The molecule has 0 unspecified atom stereocenters. The summed E-state index contributed by atoms with van der Waals surface area (Å²) >= 11 is 0. The summed E-state index contributed by atoms with van der Waals surface area (Å²) in [6.07, 6.45) is 5.79. The molecule has 4 aromatic rings. The third-order valence-corrected chi connectivity index (χ3v) is 4.58. The van der Waals surface area contributed by atoms with Crippen LogP contribution < -0.4 is 5.32 Å². The number of nitrogens with zero attached hydrogens (tertiary/aromatic N) is 1. The Balaban J connectivity index is 1.86. The van der Waals surface area contributed by atoms with E-state index in [1.165, 1.54) is 0 Å². The van der Waals surface area contributed by atoms with E-state index in [1.54, 1.807) is 7.05 Å². The minimum atomic E-state index is -0.927. The Morgan fingerprint density at radius 1 is 1.15 bits per heavy atom. The summed E-state index contributed by atoms with van der Waals surface area (Å²) in [5, 5.41) is 15.3. The number of aromatic amines is 1. The van der Waals surface area contributed by atoms with Crippen LogP contribution in [0.15, 0.2) is 54.7 Å². The van der Waals surface area contributed by atoms with E-state index in [1.807, 2.05) is 66.9 Å². The van der Waals surface area contributed by atoms with Crippen molar-refractivity contribution in [2.75, 3.05) is 7.05 Å². The molecule has 0 radical (unpaired) electrons. The summed E-state index contributed by atoms with van der Waals surface area (Å²) in [6, 6.07) is 15.8. The predicted octanol–water partition coefficient (Wildman–Crippen LogP) is 4.30. The van der Waals surface area contributed by atoms with Gasteiger partial charge >= 0.3 is 5.97 Å². The van der Waals surface area contributed by atoms with Crippen molar-refractivity contribution in [3.63, 3.8) is 0 Å². The first kappa shape index (κ1) is 17.0. The summed E-state index contributed by atoms with van der Waals surface area (Å²) in [4.78, 5) is 19.6. The highest BCUT2D eigenvalue weighted by atomic mass is 16.4. The summed E-state index contributed by atoms with van der Waals surface area (Å²) in [5.41, 5.74) is 3.74. The van der Waals surface area contributed by atoms with Crippen LogP contribution in [0.3, 0.4) is 0 Å². The number of aromatic nitrogens is 2. The number of pyridine rings is 1. The second-order valence-electron chi connectivity index (χ2n) is 6.38. The number of nitrogens with one attached hydrogen (secondary N) is 2. The number of benzene rings is 2. The number of H-pyrrole nitrogens is 1. The molecule has 0 atom stereocenters. The molecule has 0 aliphatic rings. The van der Waals surface area contributed by atoms with Crippen molar-refractivity contribution < 1.29 is 9.90 Å². The van der Waals surface area contributed by atoms with Crippen LogP contribution in [0, 0.1) is 0 Å². The molecule has 134 valence electrons. The minimum absolute atomic E-state index is 0.319. The summed E-state index contributed by atoms with van der Waals surface area (Å²) in [6.45, 7) is 0.462. The quantitative estimate of drug-likeness (QED) is 0.497. The van der Waals surface area contributed by atoms with Gasteiger partial charge in [0.1, 0.15) is 0 Å². The molecule has 5 heteroatoms. The van der Waals surface area contributed by atoms with Gasteiger partial charge in [0.05, 0.1) is 16.8 Å². The van der Waals surface area contributed by atoms with Crippen molar-refractivity contribution in [2.24, 2.45) is 0 Å². The van der Waals surface area contributed by atoms with Crippen LogP contribution in [0.25, 0.3) is 33.8 Å². The van der Waals surface area contributed by atoms with Gasteiger partial charge in [-0.1, -0.05) is 48.5 Å². The molecule has 27 heavy (non-hydrogen) atoms. The molecule has 2 aromatic heterocycles. The molecule has 3 N–H and O–H groups in total. The van der Waals surface area contributed by atoms with Gasteiger partial charge in [0, 0.05) is 34.6 Å². The van der Waals surface area contributed by atoms with Crippen LogP contribution in [0.2, 0.25) is 0 Å². The maximum Gasteiger partial charge on any atom is 0.338 e. The van der Waals surface area contributed by atoms with E-state index in [2.05, 4.69) is 15.3 Å². The molecule has 0 amide bonds. The highest BCUT2D eigenvalue weighted by molar-refractivity contribution is 6.13. The van der Waals surface area contributed by atoms with E-state index in [-0.39, 0.29) is 0 Å². The zero-order chi connectivity index (χ0) is 18.8. The number of aromatic carboxylic acids is 1. The number of hydrogen-bond acceptors (Lipinski definition) is 3. The van der Waals surface area contributed by atoms with Gasteiger partial charge in [-0.2, -0.15) is 0 Å². The van der Waals surface area contributed by atoms with Gasteiger partial charge in [0.25, 0.3) is 0 Å². The van der Waals surface area contributed by atoms with Crippen molar-refractivity contribution >= 4 is 39.8 Å². The average molecular weight is 357 g/mol.